The largest absolute Gasteiger partial charge is 0.493 e. The first-order valence-corrected chi connectivity index (χ1v) is 12.8. The number of hydrogen-bond donors (Lipinski definition) is 2. The minimum Gasteiger partial charge on any atom is -0.493 e. The van der Waals surface area contributed by atoms with Gasteiger partial charge in [0, 0.05) is 24.8 Å². The van der Waals surface area contributed by atoms with Gasteiger partial charge in [-0.3, -0.25) is 4.99 Å². The van der Waals surface area contributed by atoms with Crippen molar-refractivity contribution in [3.8, 4) is 11.5 Å². The van der Waals surface area contributed by atoms with Gasteiger partial charge in [-0.2, -0.15) is 0 Å². The Morgan fingerprint density at radius 3 is 2.35 bits per heavy atom. The molecule has 178 valence electrons. The standard InChI is InChI=1S/C22H37N3O4S.HI/c1-5-23-21(24-14-9-15-30(4,26)27)25-17-22(12-7-6-8-13-22)18-10-11-19(28-2)20(16-18)29-3;/h10-11,16H,5-9,12-15,17H2,1-4H3,(H2,23,24,25);1H. The van der Waals surface area contributed by atoms with E-state index in [0.717, 1.165) is 36.8 Å². The van der Waals surface area contributed by atoms with Crippen LogP contribution in [-0.2, 0) is 15.3 Å². The van der Waals surface area contributed by atoms with E-state index in [9.17, 15) is 8.42 Å². The zero-order chi connectivity index (χ0) is 22.0. The molecule has 1 saturated carbocycles. The van der Waals surface area contributed by atoms with Crippen LogP contribution in [0.25, 0.3) is 0 Å². The van der Waals surface area contributed by atoms with Crippen molar-refractivity contribution in [3.05, 3.63) is 23.8 Å². The fourth-order valence-electron chi connectivity index (χ4n) is 4.05. The van der Waals surface area contributed by atoms with E-state index >= 15 is 0 Å². The SMILES string of the molecule is CCNC(=NCC1(c2ccc(OC)c(OC)c2)CCCCC1)NCCCS(C)(=O)=O.I. The number of rotatable bonds is 10. The van der Waals surface area contributed by atoms with Crippen LogP contribution in [0.1, 0.15) is 51.0 Å². The first kappa shape index (κ1) is 27.8. The first-order chi connectivity index (χ1) is 14.3. The summed E-state index contributed by atoms with van der Waals surface area (Å²) < 4.78 is 33.6. The highest BCUT2D eigenvalue weighted by Crippen LogP contribution is 2.42. The number of ether oxygens (including phenoxy) is 2. The van der Waals surface area contributed by atoms with Gasteiger partial charge in [0.2, 0.25) is 0 Å². The second-order valence-electron chi connectivity index (χ2n) is 8.02. The van der Waals surface area contributed by atoms with E-state index in [1.54, 1.807) is 14.2 Å². The summed E-state index contributed by atoms with van der Waals surface area (Å²) in [5.41, 5.74) is 1.20. The molecule has 1 aliphatic carbocycles. The van der Waals surface area contributed by atoms with Crippen molar-refractivity contribution >= 4 is 39.8 Å². The minimum atomic E-state index is -2.94. The van der Waals surface area contributed by atoms with Gasteiger partial charge in [-0.25, -0.2) is 8.42 Å². The molecule has 0 aliphatic heterocycles. The maximum Gasteiger partial charge on any atom is 0.191 e. The van der Waals surface area contributed by atoms with Gasteiger partial charge in [-0.05, 0) is 43.9 Å². The predicted octanol–water partition coefficient (Wildman–Crippen LogP) is 3.51. The fraction of sp³-hybridized carbons (Fsp3) is 0.682. The van der Waals surface area contributed by atoms with Crippen molar-refractivity contribution in [3.63, 3.8) is 0 Å². The summed E-state index contributed by atoms with van der Waals surface area (Å²) in [7, 11) is 0.368. The van der Waals surface area contributed by atoms with Crippen LogP contribution in [0.4, 0.5) is 0 Å². The van der Waals surface area contributed by atoms with E-state index in [0.29, 0.717) is 19.5 Å². The molecule has 7 nitrogen and oxygen atoms in total. The van der Waals surface area contributed by atoms with Crippen molar-refractivity contribution in [2.45, 2.75) is 50.9 Å². The van der Waals surface area contributed by atoms with Crippen LogP contribution < -0.4 is 20.1 Å². The second kappa shape index (κ2) is 13.3. The molecule has 0 atom stereocenters. The number of nitrogens with one attached hydrogen (secondary N) is 2. The van der Waals surface area contributed by atoms with Crippen molar-refractivity contribution in [2.24, 2.45) is 4.99 Å². The highest BCUT2D eigenvalue weighted by atomic mass is 127. The summed E-state index contributed by atoms with van der Waals surface area (Å²) >= 11 is 0. The predicted molar refractivity (Wildman–Crippen MR) is 138 cm³/mol. The number of halogens is 1. The number of benzene rings is 1. The van der Waals surface area contributed by atoms with Crippen LogP contribution >= 0.6 is 24.0 Å². The molecule has 1 fully saturated rings. The summed E-state index contributed by atoms with van der Waals surface area (Å²) in [5, 5.41) is 6.55. The average Bonchev–Trinajstić information content (AvgIpc) is 2.74. The van der Waals surface area contributed by atoms with Crippen LogP contribution in [0.2, 0.25) is 0 Å². The van der Waals surface area contributed by atoms with Crippen molar-refractivity contribution in [1.82, 2.24) is 10.6 Å². The Bertz CT molecular complexity index is 809. The zero-order valence-electron chi connectivity index (χ0n) is 19.2. The van der Waals surface area contributed by atoms with Crippen molar-refractivity contribution in [2.75, 3.05) is 45.9 Å². The number of aliphatic imine (C=N–C) groups is 1. The van der Waals surface area contributed by atoms with Crippen LogP contribution in [0.5, 0.6) is 11.5 Å². The van der Waals surface area contributed by atoms with Gasteiger partial charge in [0.15, 0.2) is 17.5 Å². The molecule has 2 rings (SSSR count). The molecule has 0 heterocycles. The van der Waals surface area contributed by atoms with Crippen LogP contribution in [0.15, 0.2) is 23.2 Å². The molecule has 0 aromatic heterocycles. The van der Waals surface area contributed by atoms with E-state index in [-0.39, 0.29) is 35.1 Å². The third-order valence-electron chi connectivity index (χ3n) is 5.67. The molecule has 2 N–H and O–H groups in total. The molecule has 0 saturated heterocycles. The van der Waals surface area contributed by atoms with Gasteiger partial charge in [-0.1, -0.05) is 25.3 Å². The molecule has 0 spiro atoms. The Labute approximate surface area is 204 Å². The quantitative estimate of drug-likeness (QED) is 0.195. The molecular formula is C22H38IN3O4S. The normalized spacial score (nSPS) is 16.2. The summed E-state index contributed by atoms with van der Waals surface area (Å²) in [5.74, 6) is 2.39. The second-order valence-corrected chi connectivity index (χ2v) is 10.3. The smallest absolute Gasteiger partial charge is 0.191 e. The summed E-state index contributed by atoms with van der Waals surface area (Å²) in [6, 6.07) is 6.20. The molecule has 0 radical (unpaired) electrons. The Kier molecular flexibility index (Phi) is 12.0. The molecule has 9 heteroatoms. The van der Waals surface area contributed by atoms with Gasteiger partial charge in [-0.15, -0.1) is 24.0 Å². The summed E-state index contributed by atoms with van der Waals surface area (Å²) in [4.78, 5) is 4.89. The number of nitrogens with zero attached hydrogens (tertiary/aromatic N) is 1. The molecular weight excluding hydrogens is 529 g/mol. The number of methoxy groups -OCH3 is 2. The van der Waals surface area contributed by atoms with E-state index in [2.05, 4.69) is 22.8 Å². The van der Waals surface area contributed by atoms with Gasteiger partial charge in [0.05, 0.1) is 26.5 Å². The van der Waals surface area contributed by atoms with Gasteiger partial charge in [0.1, 0.15) is 9.84 Å². The van der Waals surface area contributed by atoms with Crippen molar-refractivity contribution < 1.29 is 17.9 Å². The zero-order valence-corrected chi connectivity index (χ0v) is 22.3. The monoisotopic (exact) mass is 567 g/mol. The molecule has 0 unspecified atom stereocenters. The lowest BCUT2D eigenvalue weighted by molar-refractivity contribution is 0.298. The number of guanidine groups is 1. The summed E-state index contributed by atoms with van der Waals surface area (Å²) in [6.07, 6.45) is 7.61. The maximum atomic E-state index is 11.3. The third kappa shape index (κ3) is 8.67. The Morgan fingerprint density at radius 1 is 1.10 bits per heavy atom. The van der Waals surface area contributed by atoms with E-state index < -0.39 is 9.84 Å². The van der Waals surface area contributed by atoms with E-state index in [1.165, 1.54) is 31.1 Å². The van der Waals surface area contributed by atoms with E-state index in [4.69, 9.17) is 14.5 Å². The van der Waals surface area contributed by atoms with Crippen LogP contribution in [-0.4, -0.2) is 60.2 Å². The van der Waals surface area contributed by atoms with Gasteiger partial charge in [0.25, 0.3) is 0 Å². The minimum absolute atomic E-state index is 0. The van der Waals surface area contributed by atoms with E-state index in [1.807, 2.05) is 13.0 Å². The molecule has 1 aliphatic rings. The van der Waals surface area contributed by atoms with Crippen molar-refractivity contribution in [1.29, 1.82) is 0 Å². The van der Waals surface area contributed by atoms with Gasteiger partial charge >= 0.3 is 0 Å². The fourth-order valence-corrected chi connectivity index (χ4v) is 4.71. The lowest BCUT2D eigenvalue weighted by Crippen LogP contribution is -2.40. The number of sulfone groups is 1. The first-order valence-electron chi connectivity index (χ1n) is 10.8. The van der Waals surface area contributed by atoms with Crippen LogP contribution in [0, 0.1) is 0 Å². The maximum absolute atomic E-state index is 11.3. The lowest BCUT2D eigenvalue weighted by atomic mass is 9.69. The molecule has 31 heavy (non-hydrogen) atoms. The van der Waals surface area contributed by atoms with Gasteiger partial charge < -0.3 is 20.1 Å². The molecule has 1 aromatic rings. The molecule has 0 bridgehead atoms. The highest BCUT2D eigenvalue weighted by Gasteiger charge is 2.34. The highest BCUT2D eigenvalue weighted by molar-refractivity contribution is 14.0. The topological polar surface area (TPSA) is 89.0 Å². The Morgan fingerprint density at radius 2 is 1.77 bits per heavy atom. The lowest BCUT2D eigenvalue weighted by Gasteiger charge is -2.37. The molecule has 0 amide bonds. The van der Waals surface area contributed by atoms with Crippen LogP contribution in [0.3, 0.4) is 0 Å². The molecule has 1 aromatic carbocycles. The third-order valence-corrected chi connectivity index (χ3v) is 6.71. The summed E-state index contributed by atoms with van der Waals surface area (Å²) in [6.45, 7) is 4.02. The number of hydrogen-bond acceptors (Lipinski definition) is 5. The Hall–Kier alpha value is -1.23. The Balaban J connectivity index is 0.00000480. The average molecular weight is 568 g/mol.